The van der Waals surface area contributed by atoms with Gasteiger partial charge in [-0.2, -0.15) is 0 Å². The molecule has 0 saturated heterocycles. The number of H-pyrrole nitrogens is 1. The third kappa shape index (κ3) is 2.13. The summed E-state index contributed by atoms with van der Waals surface area (Å²) < 4.78 is 1.64. The van der Waals surface area contributed by atoms with E-state index in [4.69, 9.17) is 0 Å². The Balaban J connectivity index is 2.67. The molecule has 3 nitrogen and oxygen atoms in total. The first-order valence-corrected chi connectivity index (χ1v) is 6.35. The van der Waals surface area contributed by atoms with E-state index in [-0.39, 0.29) is 11.0 Å². The smallest absolute Gasteiger partial charge is 0.275 e. The maximum atomic E-state index is 12.5. The Labute approximate surface area is 107 Å². The van der Waals surface area contributed by atoms with Gasteiger partial charge in [-0.1, -0.05) is 45.9 Å². The lowest BCUT2D eigenvalue weighted by atomic mass is 9.86. The molecule has 0 fully saturated rings. The fraction of sp³-hybridized carbons (Fsp3) is 0.400. The summed E-state index contributed by atoms with van der Waals surface area (Å²) in [6.07, 6.45) is 0.835. The van der Waals surface area contributed by atoms with E-state index < -0.39 is 0 Å². The van der Waals surface area contributed by atoms with Crippen LogP contribution < -0.4 is 5.56 Å². The van der Waals surface area contributed by atoms with Gasteiger partial charge in [0.05, 0.1) is 5.69 Å². The number of hydrogen-bond donors (Lipinski definition) is 1. The summed E-state index contributed by atoms with van der Waals surface area (Å²) in [5.41, 5.74) is 2.71. The molecule has 18 heavy (non-hydrogen) atoms. The van der Waals surface area contributed by atoms with E-state index in [0.29, 0.717) is 0 Å². The molecular formula is C15H20N2O. The zero-order chi connectivity index (χ0) is 13.3. The first-order valence-electron chi connectivity index (χ1n) is 6.35. The minimum absolute atomic E-state index is 0.0607. The molecular weight excluding hydrogens is 224 g/mol. The number of benzene rings is 1. The van der Waals surface area contributed by atoms with E-state index in [1.165, 1.54) is 0 Å². The van der Waals surface area contributed by atoms with Crippen molar-refractivity contribution in [3.63, 3.8) is 0 Å². The van der Waals surface area contributed by atoms with Crippen molar-refractivity contribution in [1.29, 1.82) is 0 Å². The Hall–Kier alpha value is -1.77. The molecule has 1 aromatic heterocycles. The molecule has 0 amide bonds. The van der Waals surface area contributed by atoms with Crippen molar-refractivity contribution in [2.45, 2.75) is 39.5 Å². The lowest BCUT2D eigenvalue weighted by Gasteiger charge is -2.16. The van der Waals surface area contributed by atoms with E-state index in [2.05, 4.69) is 32.8 Å². The number of para-hydroxylation sites is 1. The standard InChI is InChI=1S/C15H20N2O/c1-5-12-13(15(2,3)4)14(18)17(16-12)11-9-7-6-8-10-11/h6-10,16H,5H2,1-4H3. The topological polar surface area (TPSA) is 37.8 Å². The molecule has 0 aliphatic rings. The summed E-state index contributed by atoms with van der Waals surface area (Å²) in [6, 6.07) is 9.69. The Bertz CT molecular complexity index is 585. The van der Waals surface area contributed by atoms with Crippen LogP contribution in [0.4, 0.5) is 0 Å². The first-order chi connectivity index (χ1) is 8.45. The molecule has 0 bridgehead atoms. The molecule has 2 rings (SSSR count). The van der Waals surface area contributed by atoms with Gasteiger partial charge < -0.3 is 0 Å². The van der Waals surface area contributed by atoms with Crippen LogP contribution >= 0.6 is 0 Å². The van der Waals surface area contributed by atoms with Gasteiger partial charge in [0.15, 0.2) is 0 Å². The maximum absolute atomic E-state index is 12.5. The summed E-state index contributed by atoms with van der Waals surface area (Å²) >= 11 is 0. The molecule has 3 heteroatoms. The second kappa shape index (κ2) is 4.48. The molecule has 1 N–H and O–H groups in total. The Morgan fingerprint density at radius 3 is 2.22 bits per heavy atom. The van der Waals surface area contributed by atoms with Crippen LogP contribution in [0, 0.1) is 0 Å². The molecule has 0 aliphatic carbocycles. The second-order valence-electron chi connectivity index (χ2n) is 5.55. The average Bonchev–Trinajstić information content (AvgIpc) is 2.67. The summed E-state index contributed by atoms with van der Waals surface area (Å²) in [4.78, 5) is 12.5. The number of hydrogen-bond acceptors (Lipinski definition) is 1. The zero-order valence-electron chi connectivity index (χ0n) is 11.4. The fourth-order valence-electron chi connectivity index (χ4n) is 2.27. The van der Waals surface area contributed by atoms with Gasteiger partial charge in [0, 0.05) is 11.3 Å². The van der Waals surface area contributed by atoms with Crippen LogP contribution in [0.25, 0.3) is 5.69 Å². The predicted molar refractivity (Wildman–Crippen MR) is 74.5 cm³/mol. The van der Waals surface area contributed by atoms with Gasteiger partial charge in [0.25, 0.3) is 5.56 Å². The van der Waals surface area contributed by atoms with Gasteiger partial charge in [0.2, 0.25) is 0 Å². The highest BCUT2D eigenvalue weighted by Crippen LogP contribution is 2.22. The summed E-state index contributed by atoms with van der Waals surface area (Å²) in [7, 11) is 0. The molecule has 96 valence electrons. The van der Waals surface area contributed by atoms with E-state index in [1.54, 1.807) is 4.68 Å². The molecule has 0 saturated carbocycles. The Kier molecular flexibility index (Phi) is 3.16. The number of aromatic nitrogens is 2. The van der Waals surface area contributed by atoms with Crippen LogP contribution in [0.15, 0.2) is 35.1 Å². The molecule has 0 spiro atoms. The predicted octanol–water partition coefficient (Wildman–Crippen LogP) is 3.03. The highest BCUT2D eigenvalue weighted by atomic mass is 16.1. The summed E-state index contributed by atoms with van der Waals surface area (Å²) in [6.45, 7) is 8.29. The van der Waals surface area contributed by atoms with Gasteiger partial charge in [0.1, 0.15) is 0 Å². The zero-order valence-corrected chi connectivity index (χ0v) is 11.4. The van der Waals surface area contributed by atoms with Crippen molar-refractivity contribution in [2.75, 3.05) is 0 Å². The summed E-state index contributed by atoms with van der Waals surface area (Å²) in [5, 5.41) is 3.23. The lowest BCUT2D eigenvalue weighted by molar-refractivity contribution is 0.578. The van der Waals surface area contributed by atoms with Crippen LogP contribution in [0.5, 0.6) is 0 Å². The van der Waals surface area contributed by atoms with Crippen LogP contribution in [0.3, 0.4) is 0 Å². The first kappa shape index (κ1) is 12.7. The highest BCUT2D eigenvalue weighted by molar-refractivity contribution is 5.35. The van der Waals surface area contributed by atoms with Crippen LogP contribution in [-0.4, -0.2) is 9.78 Å². The van der Waals surface area contributed by atoms with Crippen LogP contribution in [-0.2, 0) is 11.8 Å². The molecule has 1 aromatic carbocycles. The molecule has 1 heterocycles. The largest absolute Gasteiger partial charge is 0.295 e. The second-order valence-corrected chi connectivity index (χ2v) is 5.55. The lowest BCUT2D eigenvalue weighted by Crippen LogP contribution is -2.25. The molecule has 0 unspecified atom stereocenters. The highest BCUT2D eigenvalue weighted by Gasteiger charge is 2.25. The van der Waals surface area contributed by atoms with Crippen LogP contribution in [0.1, 0.15) is 39.0 Å². The molecule has 2 aromatic rings. The van der Waals surface area contributed by atoms with E-state index in [9.17, 15) is 4.79 Å². The van der Waals surface area contributed by atoms with Crippen LogP contribution in [0.2, 0.25) is 0 Å². The van der Waals surface area contributed by atoms with Crippen molar-refractivity contribution in [3.8, 4) is 5.69 Å². The minimum atomic E-state index is -0.140. The number of aryl methyl sites for hydroxylation is 1. The monoisotopic (exact) mass is 244 g/mol. The normalized spacial score (nSPS) is 11.8. The van der Waals surface area contributed by atoms with Gasteiger partial charge >= 0.3 is 0 Å². The molecule has 0 radical (unpaired) electrons. The third-order valence-electron chi connectivity index (χ3n) is 3.08. The Morgan fingerprint density at radius 2 is 1.78 bits per heavy atom. The van der Waals surface area contributed by atoms with Gasteiger partial charge in [-0.3, -0.25) is 9.89 Å². The van der Waals surface area contributed by atoms with Gasteiger partial charge in [-0.05, 0) is 24.0 Å². The average molecular weight is 244 g/mol. The minimum Gasteiger partial charge on any atom is -0.295 e. The number of nitrogens with zero attached hydrogens (tertiary/aromatic N) is 1. The number of nitrogens with one attached hydrogen (secondary N) is 1. The van der Waals surface area contributed by atoms with Crippen molar-refractivity contribution in [2.24, 2.45) is 0 Å². The van der Waals surface area contributed by atoms with Gasteiger partial charge in [-0.25, -0.2) is 4.68 Å². The third-order valence-corrected chi connectivity index (χ3v) is 3.08. The quantitative estimate of drug-likeness (QED) is 0.866. The number of aromatic amines is 1. The van der Waals surface area contributed by atoms with Crippen molar-refractivity contribution < 1.29 is 0 Å². The fourth-order valence-corrected chi connectivity index (χ4v) is 2.27. The van der Waals surface area contributed by atoms with Crippen molar-refractivity contribution >= 4 is 0 Å². The maximum Gasteiger partial charge on any atom is 0.275 e. The van der Waals surface area contributed by atoms with E-state index in [0.717, 1.165) is 23.4 Å². The van der Waals surface area contributed by atoms with E-state index in [1.807, 2.05) is 30.3 Å². The number of rotatable bonds is 2. The summed E-state index contributed by atoms with van der Waals surface area (Å²) in [5.74, 6) is 0. The van der Waals surface area contributed by atoms with Crippen molar-refractivity contribution in [1.82, 2.24) is 9.78 Å². The molecule has 0 aliphatic heterocycles. The SMILES string of the molecule is CCc1[nH]n(-c2ccccc2)c(=O)c1C(C)(C)C. The van der Waals surface area contributed by atoms with Gasteiger partial charge in [-0.15, -0.1) is 0 Å². The Morgan fingerprint density at radius 1 is 1.17 bits per heavy atom. The molecule has 0 atom stereocenters. The van der Waals surface area contributed by atoms with E-state index >= 15 is 0 Å². The van der Waals surface area contributed by atoms with Crippen molar-refractivity contribution in [3.05, 3.63) is 51.9 Å².